The summed E-state index contributed by atoms with van der Waals surface area (Å²) >= 11 is 5.72. The van der Waals surface area contributed by atoms with Crippen LogP contribution in [0.1, 0.15) is 18.9 Å². The highest BCUT2D eigenvalue weighted by molar-refractivity contribution is 7.89. The van der Waals surface area contributed by atoms with Crippen molar-refractivity contribution < 1.29 is 8.42 Å². The molecule has 2 aromatic rings. The summed E-state index contributed by atoms with van der Waals surface area (Å²) < 4.78 is 28.2. The van der Waals surface area contributed by atoms with Gasteiger partial charge in [-0.05, 0) is 49.6 Å². The topological polar surface area (TPSA) is 65.5 Å². The Bertz CT molecular complexity index is 854. The largest absolute Gasteiger partial charge is 0.354 e. The van der Waals surface area contributed by atoms with Gasteiger partial charge in [0.25, 0.3) is 0 Å². The lowest BCUT2D eigenvalue weighted by Gasteiger charge is -2.36. The van der Waals surface area contributed by atoms with Crippen LogP contribution in [0.25, 0.3) is 0 Å². The minimum Gasteiger partial charge on any atom is -0.354 e. The molecule has 6 nitrogen and oxygen atoms in total. The fraction of sp³-hybridized carbons (Fsp3) is 0.476. The molecule has 1 unspecified atom stereocenters. The molecule has 1 aliphatic heterocycles. The molecule has 1 aliphatic rings. The van der Waals surface area contributed by atoms with Crippen LogP contribution in [0, 0.1) is 0 Å². The number of aromatic nitrogens is 1. The number of anilines is 1. The molecule has 0 amide bonds. The van der Waals surface area contributed by atoms with Crippen LogP contribution >= 0.6 is 11.6 Å². The van der Waals surface area contributed by atoms with Crippen LogP contribution in [0.3, 0.4) is 0 Å². The third kappa shape index (κ3) is 6.40. The van der Waals surface area contributed by atoms with Crippen molar-refractivity contribution in [2.75, 3.05) is 43.5 Å². The van der Waals surface area contributed by atoms with Crippen molar-refractivity contribution in [2.45, 2.75) is 30.7 Å². The van der Waals surface area contributed by atoms with Crippen molar-refractivity contribution >= 4 is 27.4 Å². The number of piperazine rings is 1. The second-order valence-electron chi connectivity index (χ2n) is 7.43. The SMILES string of the molecule is CC(CN1CCN(c2ccccn2)CC1)NS(=O)(=O)c1ccc(CCCCl)cc1. The first-order valence-electron chi connectivity index (χ1n) is 10.0. The lowest BCUT2D eigenvalue weighted by Crippen LogP contribution is -2.51. The molecule has 1 saturated heterocycles. The molecule has 1 N–H and O–H groups in total. The van der Waals surface area contributed by atoms with E-state index >= 15 is 0 Å². The monoisotopic (exact) mass is 436 g/mol. The standard InChI is InChI=1S/C21H29ClN4O2S/c1-18(17-25-13-15-26(16-14-25)21-6-2-3-12-23-21)24-29(27,28)20-9-7-19(8-10-20)5-4-11-22/h2-3,6-10,12,18,24H,4-5,11,13-17H2,1H3. The Morgan fingerprint density at radius 1 is 1.10 bits per heavy atom. The smallest absolute Gasteiger partial charge is 0.240 e. The van der Waals surface area contributed by atoms with Crippen LogP contribution in [0.15, 0.2) is 53.6 Å². The first-order valence-corrected chi connectivity index (χ1v) is 12.1. The summed E-state index contributed by atoms with van der Waals surface area (Å²) in [5, 5.41) is 0. The van der Waals surface area contributed by atoms with Crippen LogP contribution in [0.4, 0.5) is 5.82 Å². The molecular formula is C21H29ClN4O2S. The molecule has 3 rings (SSSR count). The Hall–Kier alpha value is -1.67. The van der Waals surface area contributed by atoms with Gasteiger partial charge in [0.05, 0.1) is 4.90 Å². The van der Waals surface area contributed by atoms with Gasteiger partial charge in [-0.3, -0.25) is 4.90 Å². The average molecular weight is 437 g/mol. The lowest BCUT2D eigenvalue weighted by molar-refractivity contribution is 0.241. The van der Waals surface area contributed by atoms with Crippen LogP contribution in [-0.4, -0.2) is 62.9 Å². The highest BCUT2D eigenvalue weighted by atomic mass is 35.5. The number of pyridine rings is 1. The average Bonchev–Trinajstić information content (AvgIpc) is 2.73. The molecule has 1 fully saturated rings. The third-order valence-electron chi connectivity index (χ3n) is 5.07. The second kappa shape index (κ2) is 10.4. The minimum absolute atomic E-state index is 0.169. The van der Waals surface area contributed by atoms with E-state index in [1.165, 1.54) is 0 Å². The van der Waals surface area contributed by atoms with Crippen LogP contribution < -0.4 is 9.62 Å². The molecule has 158 valence electrons. The Kier molecular flexibility index (Phi) is 7.89. The van der Waals surface area contributed by atoms with Gasteiger partial charge in [0.2, 0.25) is 10.0 Å². The van der Waals surface area contributed by atoms with E-state index in [-0.39, 0.29) is 6.04 Å². The van der Waals surface area contributed by atoms with Gasteiger partial charge in [-0.2, -0.15) is 0 Å². The molecule has 1 aromatic carbocycles. The molecule has 0 saturated carbocycles. The molecule has 0 bridgehead atoms. The van der Waals surface area contributed by atoms with E-state index in [2.05, 4.69) is 19.5 Å². The van der Waals surface area contributed by atoms with Gasteiger partial charge < -0.3 is 4.90 Å². The molecule has 0 aliphatic carbocycles. The van der Waals surface area contributed by atoms with E-state index < -0.39 is 10.0 Å². The van der Waals surface area contributed by atoms with Gasteiger partial charge in [0, 0.05) is 50.8 Å². The second-order valence-corrected chi connectivity index (χ2v) is 9.53. The number of hydrogen-bond donors (Lipinski definition) is 1. The summed E-state index contributed by atoms with van der Waals surface area (Å²) in [7, 11) is -3.52. The summed E-state index contributed by atoms with van der Waals surface area (Å²) in [5.74, 6) is 1.60. The zero-order valence-electron chi connectivity index (χ0n) is 16.8. The van der Waals surface area contributed by atoms with Crippen molar-refractivity contribution in [3.8, 4) is 0 Å². The van der Waals surface area contributed by atoms with E-state index in [1.54, 1.807) is 12.1 Å². The first kappa shape index (κ1) is 22.0. The van der Waals surface area contributed by atoms with Gasteiger partial charge >= 0.3 is 0 Å². The Morgan fingerprint density at radius 3 is 2.45 bits per heavy atom. The molecule has 1 atom stereocenters. The molecule has 0 spiro atoms. The summed E-state index contributed by atoms with van der Waals surface area (Å²) in [6, 6.07) is 12.8. The normalized spacial score (nSPS) is 16.7. The Labute approximate surface area is 178 Å². The highest BCUT2D eigenvalue weighted by Gasteiger charge is 2.22. The predicted molar refractivity (Wildman–Crippen MR) is 118 cm³/mol. The minimum atomic E-state index is -3.52. The summed E-state index contributed by atoms with van der Waals surface area (Å²) in [4.78, 5) is 9.26. The van der Waals surface area contributed by atoms with Crippen molar-refractivity contribution in [3.05, 3.63) is 54.2 Å². The number of nitrogens with one attached hydrogen (secondary N) is 1. The number of alkyl halides is 1. The van der Waals surface area contributed by atoms with Gasteiger partial charge in [0.15, 0.2) is 0 Å². The highest BCUT2D eigenvalue weighted by Crippen LogP contribution is 2.15. The zero-order valence-corrected chi connectivity index (χ0v) is 18.4. The predicted octanol–water partition coefficient (Wildman–Crippen LogP) is 2.74. The summed E-state index contributed by atoms with van der Waals surface area (Å²) in [5.41, 5.74) is 1.10. The number of benzene rings is 1. The number of rotatable bonds is 9. The molecular weight excluding hydrogens is 408 g/mol. The van der Waals surface area contributed by atoms with E-state index in [0.29, 0.717) is 17.3 Å². The molecule has 29 heavy (non-hydrogen) atoms. The maximum atomic E-state index is 12.7. The fourth-order valence-electron chi connectivity index (χ4n) is 3.56. The molecule has 0 radical (unpaired) electrons. The van der Waals surface area contributed by atoms with Crippen molar-refractivity contribution in [3.63, 3.8) is 0 Å². The van der Waals surface area contributed by atoms with Crippen molar-refractivity contribution in [2.24, 2.45) is 0 Å². The van der Waals surface area contributed by atoms with E-state index in [1.807, 2.05) is 43.5 Å². The zero-order chi connectivity index (χ0) is 20.7. The Balaban J connectivity index is 1.49. The maximum absolute atomic E-state index is 12.7. The van der Waals surface area contributed by atoms with Gasteiger partial charge in [-0.1, -0.05) is 18.2 Å². The number of nitrogens with zero attached hydrogens (tertiary/aromatic N) is 3. The molecule has 1 aromatic heterocycles. The van der Waals surface area contributed by atoms with Gasteiger partial charge in [0.1, 0.15) is 5.82 Å². The fourth-order valence-corrected chi connectivity index (χ4v) is 4.93. The number of halogens is 1. The molecule has 2 heterocycles. The quantitative estimate of drug-likeness (QED) is 0.612. The number of hydrogen-bond acceptors (Lipinski definition) is 5. The van der Waals surface area contributed by atoms with Crippen molar-refractivity contribution in [1.82, 2.24) is 14.6 Å². The van der Waals surface area contributed by atoms with Crippen molar-refractivity contribution in [1.29, 1.82) is 0 Å². The van der Waals surface area contributed by atoms with E-state index in [9.17, 15) is 8.42 Å². The van der Waals surface area contributed by atoms with Gasteiger partial charge in [-0.25, -0.2) is 18.1 Å². The van der Waals surface area contributed by atoms with Crippen LogP contribution in [0.5, 0.6) is 0 Å². The molecule has 8 heteroatoms. The van der Waals surface area contributed by atoms with Crippen LogP contribution in [0.2, 0.25) is 0 Å². The van der Waals surface area contributed by atoms with Gasteiger partial charge in [-0.15, -0.1) is 11.6 Å². The number of sulfonamides is 1. The third-order valence-corrected chi connectivity index (χ3v) is 6.94. The first-order chi connectivity index (χ1) is 14.0. The number of aryl methyl sites for hydroxylation is 1. The lowest BCUT2D eigenvalue weighted by atomic mass is 10.1. The maximum Gasteiger partial charge on any atom is 0.240 e. The van der Waals surface area contributed by atoms with E-state index in [0.717, 1.165) is 50.4 Å². The Morgan fingerprint density at radius 2 is 1.83 bits per heavy atom. The summed E-state index contributed by atoms with van der Waals surface area (Å²) in [6.45, 7) is 6.15. The summed E-state index contributed by atoms with van der Waals surface area (Å²) in [6.07, 6.45) is 3.55. The van der Waals surface area contributed by atoms with E-state index in [4.69, 9.17) is 11.6 Å². The van der Waals surface area contributed by atoms with Crippen LogP contribution in [-0.2, 0) is 16.4 Å².